The van der Waals surface area contributed by atoms with Crippen molar-refractivity contribution in [3.63, 3.8) is 0 Å². The van der Waals surface area contributed by atoms with Crippen molar-refractivity contribution in [2.24, 2.45) is 0 Å². The van der Waals surface area contributed by atoms with Crippen molar-refractivity contribution >= 4 is 26.9 Å². The summed E-state index contributed by atoms with van der Waals surface area (Å²) in [4.78, 5) is 15.2. The zero-order chi connectivity index (χ0) is 22.3. The summed E-state index contributed by atoms with van der Waals surface area (Å²) < 4.78 is 45.4. The molecule has 32 heavy (non-hydrogen) atoms. The van der Waals surface area contributed by atoms with Crippen LogP contribution in [0.5, 0.6) is 0 Å². The molecule has 1 spiro atoms. The van der Waals surface area contributed by atoms with Crippen LogP contribution in [0.25, 0.3) is 11.0 Å². The Morgan fingerprint density at radius 3 is 2.28 bits per heavy atom. The molecule has 3 saturated heterocycles. The Morgan fingerprint density at radius 1 is 0.969 bits per heavy atom. The van der Waals surface area contributed by atoms with Crippen molar-refractivity contribution in [2.45, 2.75) is 56.1 Å². The van der Waals surface area contributed by atoms with Crippen LogP contribution in [0, 0.1) is 6.92 Å². The standard InChI is InChI=1S/C23H30N2O6S/c1-17-19-16-18(32(27,28)25-10-4-2-3-5-11-25)6-7-20(19)31-21(17)22(26)24-12-8-23(9-13-24)29-14-15-30-23/h6-7,16H,2-5,8-15H2,1H3. The number of amides is 1. The van der Waals surface area contributed by atoms with E-state index in [0.717, 1.165) is 25.7 Å². The third-order valence-corrected chi connectivity index (χ3v) is 8.83. The van der Waals surface area contributed by atoms with Crippen LogP contribution in [0.4, 0.5) is 0 Å². The van der Waals surface area contributed by atoms with E-state index >= 15 is 0 Å². The number of ether oxygens (including phenoxy) is 2. The Morgan fingerprint density at radius 2 is 1.62 bits per heavy atom. The first-order valence-electron chi connectivity index (χ1n) is 11.5. The Balaban J connectivity index is 1.39. The Bertz CT molecular complexity index is 1100. The summed E-state index contributed by atoms with van der Waals surface area (Å²) in [6, 6.07) is 4.89. The molecule has 3 aliphatic rings. The van der Waals surface area contributed by atoms with E-state index in [2.05, 4.69) is 0 Å². The molecule has 174 valence electrons. The fourth-order valence-electron chi connectivity index (χ4n) is 4.98. The van der Waals surface area contributed by atoms with Gasteiger partial charge in [0.1, 0.15) is 5.58 Å². The van der Waals surface area contributed by atoms with E-state index in [1.807, 2.05) is 6.92 Å². The second kappa shape index (κ2) is 8.44. The maximum Gasteiger partial charge on any atom is 0.289 e. The summed E-state index contributed by atoms with van der Waals surface area (Å²) in [6.45, 7) is 5.18. The lowest BCUT2D eigenvalue weighted by Crippen LogP contribution is -2.47. The van der Waals surface area contributed by atoms with Gasteiger partial charge in [-0.25, -0.2) is 8.42 Å². The van der Waals surface area contributed by atoms with Crippen molar-refractivity contribution in [3.05, 3.63) is 29.5 Å². The first-order chi connectivity index (χ1) is 15.4. The molecule has 9 heteroatoms. The van der Waals surface area contributed by atoms with Crippen LogP contribution >= 0.6 is 0 Å². The van der Waals surface area contributed by atoms with Crippen LogP contribution in [-0.2, 0) is 19.5 Å². The molecular formula is C23H30N2O6S. The molecule has 3 aliphatic heterocycles. The number of aryl methyl sites for hydroxylation is 1. The van der Waals surface area contributed by atoms with Gasteiger partial charge in [-0.2, -0.15) is 4.31 Å². The molecule has 0 saturated carbocycles. The maximum absolute atomic E-state index is 13.2. The number of benzene rings is 1. The highest BCUT2D eigenvalue weighted by Gasteiger charge is 2.41. The third kappa shape index (κ3) is 3.85. The second-order valence-electron chi connectivity index (χ2n) is 8.93. The van der Waals surface area contributed by atoms with E-state index in [9.17, 15) is 13.2 Å². The lowest BCUT2D eigenvalue weighted by atomic mass is 10.0. The summed E-state index contributed by atoms with van der Waals surface area (Å²) in [5.74, 6) is -0.451. The van der Waals surface area contributed by atoms with Gasteiger partial charge in [-0.05, 0) is 38.0 Å². The van der Waals surface area contributed by atoms with Crippen LogP contribution in [0.2, 0.25) is 0 Å². The van der Waals surface area contributed by atoms with E-state index in [0.29, 0.717) is 68.8 Å². The molecule has 1 amide bonds. The predicted molar refractivity (Wildman–Crippen MR) is 118 cm³/mol. The number of furan rings is 1. The number of nitrogens with zero attached hydrogens (tertiary/aromatic N) is 2. The molecule has 3 fully saturated rings. The van der Waals surface area contributed by atoms with Crippen molar-refractivity contribution in [2.75, 3.05) is 39.4 Å². The van der Waals surface area contributed by atoms with Crippen LogP contribution in [0.15, 0.2) is 27.5 Å². The number of hydrogen-bond donors (Lipinski definition) is 0. The Hall–Kier alpha value is -1.94. The lowest BCUT2D eigenvalue weighted by Gasteiger charge is -2.37. The summed E-state index contributed by atoms with van der Waals surface area (Å²) in [5, 5.41) is 0.667. The molecule has 0 unspecified atom stereocenters. The number of piperidine rings is 1. The van der Waals surface area contributed by atoms with Gasteiger partial charge in [0.15, 0.2) is 11.5 Å². The van der Waals surface area contributed by atoms with Crippen molar-refractivity contribution in [1.82, 2.24) is 9.21 Å². The molecule has 0 aliphatic carbocycles. The van der Waals surface area contributed by atoms with Crippen LogP contribution in [0.3, 0.4) is 0 Å². The van der Waals surface area contributed by atoms with E-state index in [4.69, 9.17) is 13.9 Å². The topological polar surface area (TPSA) is 89.3 Å². The molecule has 0 bridgehead atoms. The Kier molecular flexibility index (Phi) is 5.77. The summed E-state index contributed by atoms with van der Waals surface area (Å²) in [6.07, 6.45) is 5.17. The largest absolute Gasteiger partial charge is 0.451 e. The van der Waals surface area contributed by atoms with Crippen molar-refractivity contribution < 1.29 is 27.1 Å². The van der Waals surface area contributed by atoms with Crippen molar-refractivity contribution in [1.29, 1.82) is 0 Å². The average Bonchev–Trinajstić information content (AvgIpc) is 3.26. The summed E-state index contributed by atoms with van der Waals surface area (Å²) in [5.41, 5.74) is 1.20. The first-order valence-corrected chi connectivity index (χ1v) is 12.9. The summed E-state index contributed by atoms with van der Waals surface area (Å²) >= 11 is 0. The fraction of sp³-hybridized carbons (Fsp3) is 0.609. The Labute approximate surface area is 188 Å². The van der Waals surface area contributed by atoms with E-state index in [1.165, 1.54) is 0 Å². The van der Waals surface area contributed by atoms with Gasteiger partial charge in [-0.1, -0.05) is 12.8 Å². The molecule has 0 radical (unpaired) electrons. The quantitative estimate of drug-likeness (QED) is 0.696. The lowest BCUT2D eigenvalue weighted by molar-refractivity contribution is -0.181. The van der Waals surface area contributed by atoms with Gasteiger partial charge in [0.05, 0.1) is 18.1 Å². The van der Waals surface area contributed by atoms with Gasteiger partial charge in [-0.3, -0.25) is 4.79 Å². The zero-order valence-corrected chi connectivity index (χ0v) is 19.3. The molecular weight excluding hydrogens is 432 g/mol. The van der Waals surface area contributed by atoms with E-state index in [-0.39, 0.29) is 16.6 Å². The average molecular weight is 463 g/mol. The van der Waals surface area contributed by atoms with E-state index in [1.54, 1.807) is 27.4 Å². The van der Waals surface area contributed by atoms with Gasteiger partial charge < -0.3 is 18.8 Å². The highest BCUT2D eigenvalue weighted by Crippen LogP contribution is 2.34. The fourth-order valence-corrected chi connectivity index (χ4v) is 6.52. The minimum Gasteiger partial charge on any atom is -0.451 e. The second-order valence-corrected chi connectivity index (χ2v) is 10.9. The molecule has 1 aromatic heterocycles. The molecule has 2 aromatic rings. The van der Waals surface area contributed by atoms with E-state index < -0.39 is 15.8 Å². The molecule has 8 nitrogen and oxygen atoms in total. The number of carbonyl (C=O) groups excluding carboxylic acids is 1. The van der Waals surface area contributed by atoms with Gasteiger partial charge in [0, 0.05) is 50.0 Å². The van der Waals surface area contributed by atoms with Gasteiger partial charge in [0.25, 0.3) is 5.91 Å². The number of hydrogen-bond acceptors (Lipinski definition) is 6. The highest BCUT2D eigenvalue weighted by atomic mass is 32.2. The normalized spacial score (nSPS) is 22.5. The number of carbonyl (C=O) groups is 1. The predicted octanol–water partition coefficient (Wildman–Crippen LogP) is 3.29. The minimum absolute atomic E-state index is 0.177. The van der Waals surface area contributed by atoms with Gasteiger partial charge in [0.2, 0.25) is 10.0 Å². The number of likely N-dealkylation sites (tertiary alicyclic amines) is 1. The maximum atomic E-state index is 13.2. The SMILES string of the molecule is Cc1c(C(=O)N2CCC3(CC2)OCCO3)oc2ccc(S(=O)(=O)N3CCCCCC3)cc12. The summed E-state index contributed by atoms with van der Waals surface area (Å²) in [7, 11) is -3.57. The molecule has 4 heterocycles. The van der Waals surface area contributed by atoms with Crippen LogP contribution < -0.4 is 0 Å². The smallest absolute Gasteiger partial charge is 0.289 e. The molecule has 5 rings (SSSR count). The third-order valence-electron chi connectivity index (χ3n) is 6.93. The molecule has 1 aromatic carbocycles. The van der Waals surface area contributed by atoms with Crippen LogP contribution in [0.1, 0.15) is 54.6 Å². The molecule has 0 N–H and O–H groups in total. The van der Waals surface area contributed by atoms with Gasteiger partial charge >= 0.3 is 0 Å². The monoisotopic (exact) mass is 462 g/mol. The van der Waals surface area contributed by atoms with Gasteiger partial charge in [-0.15, -0.1) is 0 Å². The van der Waals surface area contributed by atoms with Crippen LogP contribution in [-0.4, -0.2) is 68.7 Å². The zero-order valence-electron chi connectivity index (χ0n) is 18.5. The van der Waals surface area contributed by atoms with Crippen molar-refractivity contribution in [3.8, 4) is 0 Å². The molecule has 0 atom stereocenters. The number of rotatable bonds is 3. The number of sulfonamides is 1. The first kappa shape index (κ1) is 21.9. The number of fused-ring (bicyclic) bond motifs is 1. The minimum atomic E-state index is -3.57. The highest BCUT2D eigenvalue weighted by molar-refractivity contribution is 7.89.